The molecule has 2 N–H and O–H groups in total. The molecule has 154 valence electrons. The smallest absolute Gasteiger partial charge is 0.271 e. The number of aliphatic hydroxyl groups is 2. The van der Waals surface area contributed by atoms with Crippen LogP contribution in [0.3, 0.4) is 0 Å². The van der Waals surface area contributed by atoms with Crippen molar-refractivity contribution in [3.8, 4) is 0 Å². The lowest BCUT2D eigenvalue weighted by molar-refractivity contribution is -0.568. The van der Waals surface area contributed by atoms with Gasteiger partial charge in [-0.15, -0.1) is 0 Å². The number of rotatable bonds is 7. The van der Waals surface area contributed by atoms with E-state index in [1.54, 1.807) is 60.7 Å². The van der Waals surface area contributed by atoms with E-state index in [-0.39, 0.29) is 23.7 Å². The summed E-state index contributed by atoms with van der Waals surface area (Å²) in [5.74, 6) is -1.70. The topological polar surface area (TPSA) is 101 Å². The minimum Gasteiger partial charge on any atom is -0.386 e. The molecule has 1 aliphatic rings. The van der Waals surface area contributed by atoms with Gasteiger partial charge in [0.2, 0.25) is 0 Å². The Labute approximate surface area is 170 Å². The molecule has 0 unspecified atom stereocenters. The standard InChI is InChI=1S/C23H27NO5/c1-2-3-10-17-15-19(25)22(24(28)29)23(27,18-13-8-5-9-14-18)20(17)21(26)16-11-6-4-7-12-16/h4-9,11-14,17,19-20,22,25,27H,2-3,10,15H2,1H3/t17-,19+,20-,22-,23+/m1/s1. The van der Waals surface area contributed by atoms with Crippen molar-refractivity contribution in [2.24, 2.45) is 11.8 Å². The Balaban J connectivity index is 2.19. The van der Waals surface area contributed by atoms with Gasteiger partial charge in [-0.3, -0.25) is 14.9 Å². The van der Waals surface area contributed by atoms with Crippen molar-refractivity contribution in [3.05, 3.63) is 81.9 Å². The van der Waals surface area contributed by atoms with Gasteiger partial charge in [0.15, 0.2) is 11.4 Å². The summed E-state index contributed by atoms with van der Waals surface area (Å²) >= 11 is 0. The number of aliphatic hydroxyl groups excluding tert-OH is 1. The average Bonchev–Trinajstić information content (AvgIpc) is 2.72. The lowest BCUT2D eigenvalue weighted by Gasteiger charge is -2.47. The first-order valence-electron chi connectivity index (χ1n) is 10.1. The highest BCUT2D eigenvalue weighted by Gasteiger charge is 2.63. The van der Waals surface area contributed by atoms with E-state index in [1.165, 1.54) is 0 Å². The number of unbranched alkanes of at least 4 members (excludes halogenated alkanes) is 1. The predicted octanol–water partition coefficient (Wildman–Crippen LogP) is 3.59. The summed E-state index contributed by atoms with van der Waals surface area (Å²) in [7, 11) is 0. The molecule has 2 aromatic rings. The van der Waals surface area contributed by atoms with Crippen LogP contribution in [-0.2, 0) is 5.60 Å². The average molecular weight is 397 g/mol. The maximum absolute atomic E-state index is 13.6. The molecule has 0 bridgehead atoms. The molecule has 1 aliphatic carbocycles. The fraction of sp³-hybridized carbons (Fsp3) is 0.435. The van der Waals surface area contributed by atoms with Gasteiger partial charge in [-0.05, 0) is 24.3 Å². The van der Waals surface area contributed by atoms with Crippen LogP contribution in [-0.4, -0.2) is 33.1 Å². The summed E-state index contributed by atoms with van der Waals surface area (Å²) < 4.78 is 0. The van der Waals surface area contributed by atoms with Gasteiger partial charge >= 0.3 is 0 Å². The number of nitrogens with zero attached hydrogens (tertiary/aromatic N) is 1. The summed E-state index contributed by atoms with van der Waals surface area (Å²) in [5.41, 5.74) is -1.41. The minimum absolute atomic E-state index is 0.115. The van der Waals surface area contributed by atoms with Crippen LogP contribution in [0.25, 0.3) is 0 Å². The zero-order valence-corrected chi connectivity index (χ0v) is 16.5. The van der Waals surface area contributed by atoms with Crippen molar-refractivity contribution in [2.75, 3.05) is 0 Å². The maximum atomic E-state index is 13.6. The van der Waals surface area contributed by atoms with Crippen molar-refractivity contribution < 1.29 is 19.9 Å². The number of Topliss-reactive ketones (excluding diaryl/α,β-unsaturated/α-hetero) is 1. The third-order valence-corrected chi connectivity index (χ3v) is 6.04. The number of carbonyl (C=O) groups excluding carboxylic acids is 1. The van der Waals surface area contributed by atoms with E-state index in [0.29, 0.717) is 12.0 Å². The Hall–Kier alpha value is -2.57. The van der Waals surface area contributed by atoms with Crippen molar-refractivity contribution in [1.82, 2.24) is 0 Å². The Kier molecular flexibility index (Phi) is 6.45. The van der Waals surface area contributed by atoms with Crippen LogP contribution in [0, 0.1) is 22.0 Å². The summed E-state index contributed by atoms with van der Waals surface area (Å²) in [6, 6.07) is 15.2. The number of benzene rings is 2. The number of hydrogen-bond donors (Lipinski definition) is 2. The van der Waals surface area contributed by atoms with E-state index in [0.717, 1.165) is 12.8 Å². The quantitative estimate of drug-likeness (QED) is 0.422. The first-order valence-corrected chi connectivity index (χ1v) is 10.1. The summed E-state index contributed by atoms with van der Waals surface area (Å²) in [6.07, 6.45) is 1.09. The van der Waals surface area contributed by atoms with Gasteiger partial charge in [0, 0.05) is 10.5 Å². The lowest BCUT2D eigenvalue weighted by atomic mass is 9.59. The van der Waals surface area contributed by atoms with Crippen LogP contribution in [0.2, 0.25) is 0 Å². The molecule has 6 nitrogen and oxygen atoms in total. The number of ketones is 1. The second-order valence-corrected chi connectivity index (χ2v) is 7.83. The van der Waals surface area contributed by atoms with Crippen molar-refractivity contribution in [2.45, 2.75) is 50.4 Å². The highest BCUT2D eigenvalue weighted by molar-refractivity contribution is 5.99. The zero-order valence-electron chi connectivity index (χ0n) is 16.5. The van der Waals surface area contributed by atoms with Crippen LogP contribution in [0.15, 0.2) is 60.7 Å². The van der Waals surface area contributed by atoms with E-state index in [2.05, 4.69) is 0 Å². The molecule has 3 rings (SSSR count). The predicted molar refractivity (Wildman–Crippen MR) is 109 cm³/mol. The first kappa shape index (κ1) is 21.1. The monoisotopic (exact) mass is 397 g/mol. The van der Waals surface area contributed by atoms with E-state index in [1.807, 2.05) is 6.92 Å². The molecule has 29 heavy (non-hydrogen) atoms. The molecule has 1 saturated carbocycles. The molecule has 0 aliphatic heterocycles. The summed E-state index contributed by atoms with van der Waals surface area (Å²) in [6.45, 7) is 2.02. The van der Waals surface area contributed by atoms with Crippen molar-refractivity contribution >= 4 is 5.78 Å². The highest BCUT2D eigenvalue weighted by atomic mass is 16.6. The molecule has 0 aromatic heterocycles. The van der Waals surface area contributed by atoms with Gasteiger partial charge < -0.3 is 10.2 Å². The van der Waals surface area contributed by atoms with E-state index >= 15 is 0 Å². The maximum Gasteiger partial charge on any atom is 0.271 e. The fourth-order valence-electron chi connectivity index (χ4n) is 4.72. The van der Waals surface area contributed by atoms with Crippen LogP contribution >= 0.6 is 0 Å². The third-order valence-electron chi connectivity index (χ3n) is 6.04. The Morgan fingerprint density at radius 3 is 2.28 bits per heavy atom. The minimum atomic E-state index is -2.10. The first-order chi connectivity index (χ1) is 13.9. The highest BCUT2D eigenvalue weighted by Crippen LogP contribution is 2.49. The van der Waals surface area contributed by atoms with Crippen molar-refractivity contribution in [1.29, 1.82) is 0 Å². The van der Waals surface area contributed by atoms with Gasteiger partial charge in [-0.2, -0.15) is 0 Å². The molecule has 0 heterocycles. The summed E-state index contributed by atoms with van der Waals surface area (Å²) in [4.78, 5) is 24.9. The second-order valence-electron chi connectivity index (χ2n) is 7.83. The molecule has 5 atom stereocenters. The molecule has 0 spiro atoms. The number of carbonyl (C=O) groups is 1. The van der Waals surface area contributed by atoms with Crippen LogP contribution in [0.5, 0.6) is 0 Å². The Morgan fingerprint density at radius 1 is 1.14 bits per heavy atom. The van der Waals surface area contributed by atoms with Gasteiger partial charge in [-0.25, -0.2) is 0 Å². The normalized spacial score (nSPS) is 29.3. The molecular formula is C23H27NO5. The van der Waals surface area contributed by atoms with E-state index in [9.17, 15) is 25.1 Å². The fourth-order valence-corrected chi connectivity index (χ4v) is 4.72. The molecule has 0 saturated heterocycles. The van der Waals surface area contributed by atoms with E-state index in [4.69, 9.17) is 0 Å². The molecule has 6 heteroatoms. The number of nitro groups is 1. The van der Waals surface area contributed by atoms with Crippen LogP contribution < -0.4 is 0 Å². The molecule has 1 fully saturated rings. The molecule has 2 aromatic carbocycles. The SMILES string of the molecule is CCCC[C@@H]1C[C@H](O)[C@@H]([N+](=O)[O-])[C@](O)(c2ccccc2)[C@H]1C(=O)c1ccccc1. The van der Waals surface area contributed by atoms with Gasteiger partial charge in [0.05, 0.1) is 5.92 Å². The van der Waals surface area contributed by atoms with Gasteiger partial charge in [0.1, 0.15) is 6.10 Å². The number of hydrogen-bond acceptors (Lipinski definition) is 5. The lowest BCUT2D eigenvalue weighted by Crippen LogP contribution is -2.63. The van der Waals surface area contributed by atoms with Gasteiger partial charge in [-0.1, -0.05) is 80.4 Å². The zero-order chi connectivity index (χ0) is 21.0. The third kappa shape index (κ3) is 3.95. The van der Waals surface area contributed by atoms with Crippen LogP contribution in [0.4, 0.5) is 0 Å². The van der Waals surface area contributed by atoms with Crippen molar-refractivity contribution in [3.63, 3.8) is 0 Å². The van der Waals surface area contributed by atoms with Crippen LogP contribution in [0.1, 0.15) is 48.5 Å². The molecular weight excluding hydrogens is 370 g/mol. The van der Waals surface area contributed by atoms with Gasteiger partial charge in [0.25, 0.3) is 6.04 Å². The molecule has 0 radical (unpaired) electrons. The second kappa shape index (κ2) is 8.84. The molecule has 0 amide bonds. The Bertz CT molecular complexity index is 841. The summed E-state index contributed by atoms with van der Waals surface area (Å²) in [5, 5.41) is 34.5. The largest absolute Gasteiger partial charge is 0.386 e. The Morgan fingerprint density at radius 2 is 1.72 bits per heavy atom. The van der Waals surface area contributed by atoms with E-state index < -0.39 is 28.6 Å².